The average Bonchev–Trinajstić information content (AvgIpc) is 3.16. The van der Waals surface area contributed by atoms with Gasteiger partial charge >= 0.3 is 6.36 Å². The summed E-state index contributed by atoms with van der Waals surface area (Å²) >= 11 is 0. The van der Waals surface area contributed by atoms with Gasteiger partial charge in [-0.15, -0.1) is 25.6 Å². The molecule has 0 fully saturated rings. The number of halogens is 4. The zero-order valence-corrected chi connectivity index (χ0v) is 14.8. The second-order valence-electron chi connectivity index (χ2n) is 5.55. The Balaban J connectivity index is 0.00000243. The summed E-state index contributed by atoms with van der Waals surface area (Å²) in [6.45, 7) is 4.00. The molecule has 0 bridgehead atoms. The van der Waals surface area contributed by atoms with Gasteiger partial charge in [0.2, 0.25) is 0 Å². The predicted molar refractivity (Wildman–Crippen MR) is 97.7 cm³/mol. The highest BCUT2D eigenvalue weighted by Gasteiger charge is 2.30. The lowest BCUT2D eigenvalue weighted by atomic mass is 10.1. The van der Waals surface area contributed by atoms with Gasteiger partial charge in [0.25, 0.3) is 0 Å². The van der Waals surface area contributed by atoms with E-state index < -0.39 is 6.36 Å². The Kier molecular flexibility index (Phi) is 5.82. The van der Waals surface area contributed by atoms with Crippen molar-refractivity contribution in [1.29, 1.82) is 0 Å². The zero-order valence-electron chi connectivity index (χ0n) is 14.0. The van der Waals surface area contributed by atoms with Gasteiger partial charge in [-0.3, -0.25) is 4.99 Å². The number of aromatic amines is 2. The molecule has 0 atom stereocenters. The van der Waals surface area contributed by atoms with E-state index in [1.807, 2.05) is 32.2 Å². The Morgan fingerprint density at radius 1 is 1.04 bits per heavy atom. The van der Waals surface area contributed by atoms with Crippen LogP contribution in [-0.2, 0) is 0 Å². The van der Waals surface area contributed by atoms with Crippen molar-refractivity contribution in [1.82, 2.24) is 9.97 Å². The Hall–Kier alpha value is -2.67. The Labute approximate surface area is 154 Å². The number of ether oxygens (including phenoxy) is 1. The van der Waals surface area contributed by atoms with Crippen LogP contribution in [0.3, 0.4) is 0 Å². The number of nitrogens with one attached hydrogen (secondary N) is 2. The van der Waals surface area contributed by atoms with Crippen LogP contribution >= 0.6 is 12.4 Å². The van der Waals surface area contributed by atoms with Gasteiger partial charge < -0.3 is 14.7 Å². The van der Waals surface area contributed by atoms with Gasteiger partial charge in [-0.2, -0.15) is 0 Å². The third-order valence-corrected chi connectivity index (χ3v) is 3.88. The molecule has 1 aromatic carbocycles. The molecule has 3 rings (SSSR count). The number of aliphatic imine (C=N–C) groups is 1. The quantitative estimate of drug-likeness (QED) is 0.558. The topological polar surface area (TPSA) is 53.2 Å². The Morgan fingerprint density at radius 2 is 1.73 bits per heavy atom. The van der Waals surface area contributed by atoms with Crippen LogP contribution in [0, 0.1) is 13.8 Å². The van der Waals surface area contributed by atoms with E-state index in [-0.39, 0.29) is 18.2 Å². The number of hydrogen-bond acceptors (Lipinski definition) is 2. The van der Waals surface area contributed by atoms with Crippen molar-refractivity contribution in [3.63, 3.8) is 0 Å². The van der Waals surface area contributed by atoms with Crippen molar-refractivity contribution < 1.29 is 17.9 Å². The molecule has 2 aromatic heterocycles. The van der Waals surface area contributed by atoms with Gasteiger partial charge in [0.05, 0.1) is 29.0 Å². The van der Waals surface area contributed by atoms with Crippen LogP contribution in [-0.4, -0.2) is 22.5 Å². The van der Waals surface area contributed by atoms with E-state index in [2.05, 4.69) is 19.7 Å². The summed E-state index contributed by atoms with van der Waals surface area (Å²) in [5.41, 5.74) is 5.51. The first-order valence-electron chi connectivity index (χ1n) is 7.56. The highest BCUT2D eigenvalue weighted by Crippen LogP contribution is 2.27. The minimum absolute atomic E-state index is 0. The first-order chi connectivity index (χ1) is 11.8. The molecule has 0 aliphatic carbocycles. The normalized spacial score (nSPS) is 11.6. The summed E-state index contributed by atoms with van der Waals surface area (Å²) in [5, 5.41) is 0. The Bertz CT molecular complexity index is 882. The molecule has 0 amide bonds. The van der Waals surface area contributed by atoms with Crippen LogP contribution in [0.1, 0.15) is 16.8 Å². The molecule has 0 saturated carbocycles. The number of nitrogens with zero attached hydrogens (tertiary/aromatic N) is 1. The third-order valence-electron chi connectivity index (χ3n) is 3.88. The van der Waals surface area contributed by atoms with Crippen LogP contribution < -0.4 is 4.74 Å². The summed E-state index contributed by atoms with van der Waals surface area (Å²) in [6, 6.07) is 9.29. The fourth-order valence-corrected chi connectivity index (χ4v) is 2.47. The fraction of sp³-hybridized carbons (Fsp3) is 0.167. The fourth-order valence-electron chi connectivity index (χ4n) is 2.47. The molecule has 0 aliphatic rings. The van der Waals surface area contributed by atoms with E-state index >= 15 is 0 Å². The van der Waals surface area contributed by atoms with E-state index in [1.165, 1.54) is 24.3 Å². The SMILES string of the molecule is Cc1c(C=Nc2ccc(OC(F)(F)F)cc2)[nH]c(-c2ccc[nH]2)c1C.Cl. The van der Waals surface area contributed by atoms with Crippen LogP contribution in [0.2, 0.25) is 0 Å². The van der Waals surface area contributed by atoms with Gasteiger partial charge in [-0.05, 0) is 61.4 Å². The molecule has 0 saturated heterocycles. The summed E-state index contributed by atoms with van der Waals surface area (Å²) in [7, 11) is 0. The van der Waals surface area contributed by atoms with Gasteiger partial charge in [0.15, 0.2) is 0 Å². The number of benzene rings is 1. The van der Waals surface area contributed by atoms with Crippen molar-refractivity contribution in [3.8, 4) is 17.1 Å². The second kappa shape index (κ2) is 7.70. The van der Waals surface area contributed by atoms with Crippen LogP contribution in [0.5, 0.6) is 5.75 Å². The maximum atomic E-state index is 12.2. The Morgan fingerprint density at radius 3 is 2.31 bits per heavy atom. The van der Waals surface area contributed by atoms with Crippen molar-refractivity contribution >= 4 is 24.3 Å². The molecule has 0 aliphatic heterocycles. The molecule has 0 unspecified atom stereocenters. The monoisotopic (exact) mass is 383 g/mol. The summed E-state index contributed by atoms with van der Waals surface area (Å²) in [4.78, 5) is 10.8. The highest BCUT2D eigenvalue weighted by molar-refractivity contribution is 5.85. The standard InChI is InChI=1S/C18H16F3N3O.ClH/c1-11-12(2)17(15-4-3-9-22-15)24-16(11)10-23-13-5-7-14(8-6-13)25-18(19,20)21;/h3-10,22,24H,1-2H3;1H. The summed E-state index contributed by atoms with van der Waals surface area (Å²) in [6.07, 6.45) is -1.18. The molecule has 0 spiro atoms. The summed E-state index contributed by atoms with van der Waals surface area (Å²) < 4.78 is 40.3. The maximum Gasteiger partial charge on any atom is 0.573 e. The lowest BCUT2D eigenvalue weighted by molar-refractivity contribution is -0.274. The first kappa shape index (κ1) is 19.7. The first-order valence-corrected chi connectivity index (χ1v) is 7.56. The lowest BCUT2D eigenvalue weighted by Gasteiger charge is -2.08. The zero-order chi connectivity index (χ0) is 18.0. The molecule has 4 nitrogen and oxygen atoms in total. The average molecular weight is 384 g/mol. The van der Waals surface area contributed by atoms with Crippen LogP contribution in [0.15, 0.2) is 47.6 Å². The van der Waals surface area contributed by atoms with E-state index in [0.717, 1.165) is 28.2 Å². The molecule has 2 N–H and O–H groups in total. The molecule has 138 valence electrons. The van der Waals surface area contributed by atoms with Gasteiger partial charge in [-0.25, -0.2) is 0 Å². The third kappa shape index (κ3) is 4.49. The van der Waals surface area contributed by atoms with E-state index in [1.54, 1.807) is 6.21 Å². The van der Waals surface area contributed by atoms with E-state index in [4.69, 9.17) is 0 Å². The van der Waals surface area contributed by atoms with Crippen molar-refractivity contribution in [3.05, 3.63) is 59.4 Å². The largest absolute Gasteiger partial charge is 0.573 e. The van der Waals surface area contributed by atoms with Gasteiger partial charge in [-0.1, -0.05) is 0 Å². The van der Waals surface area contributed by atoms with Crippen molar-refractivity contribution in [2.24, 2.45) is 4.99 Å². The lowest BCUT2D eigenvalue weighted by Crippen LogP contribution is -2.16. The number of hydrogen-bond donors (Lipinski definition) is 2. The number of aromatic nitrogens is 2. The molecule has 0 radical (unpaired) electrons. The van der Waals surface area contributed by atoms with Crippen molar-refractivity contribution in [2.45, 2.75) is 20.2 Å². The number of alkyl halides is 3. The molecule has 3 aromatic rings. The van der Waals surface area contributed by atoms with E-state index in [0.29, 0.717) is 5.69 Å². The molecule has 2 heterocycles. The highest BCUT2D eigenvalue weighted by atomic mass is 35.5. The molecular formula is C18H17ClF3N3O. The minimum Gasteiger partial charge on any atom is -0.406 e. The smallest absolute Gasteiger partial charge is 0.406 e. The van der Waals surface area contributed by atoms with Gasteiger partial charge in [0, 0.05) is 6.20 Å². The molecule has 8 heteroatoms. The van der Waals surface area contributed by atoms with Crippen molar-refractivity contribution in [2.75, 3.05) is 0 Å². The van der Waals surface area contributed by atoms with Gasteiger partial charge in [0.1, 0.15) is 5.75 Å². The predicted octanol–water partition coefficient (Wildman–Crippen LogP) is 5.70. The minimum atomic E-state index is -4.70. The number of H-pyrrole nitrogens is 2. The van der Waals surface area contributed by atoms with E-state index in [9.17, 15) is 13.2 Å². The van der Waals surface area contributed by atoms with Crippen LogP contribution in [0.25, 0.3) is 11.4 Å². The maximum absolute atomic E-state index is 12.2. The summed E-state index contributed by atoms with van der Waals surface area (Å²) in [5.74, 6) is -0.271. The molecule has 26 heavy (non-hydrogen) atoms. The second-order valence-corrected chi connectivity index (χ2v) is 5.55. The number of rotatable bonds is 4. The molecular weight excluding hydrogens is 367 g/mol. The van der Waals surface area contributed by atoms with Crippen LogP contribution in [0.4, 0.5) is 18.9 Å².